The van der Waals surface area contributed by atoms with E-state index in [2.05, 4.69) is 27.7 Å². The van der Waals surface area contributed by atoms with Crippen LogP contribution in [0.15, 0.2) is 27.7 Å². The minimum Gasteiger partial charge on any atom is -0.497 e. The number of guanidine groups is 1. The molecule has 2 rings (SSSR count). The molecule has 0 saturated heterocycles. The third-order valence-electron chi connectivity index (χ3n) is 4.33. The number of rotatable bonds is 7. The number of aryl methyl sites for hydroxylation is 2. The van der Waals surface area contributed by atoms with Gasteiger partial charge >= 0.3 is 0 Å². The standard InChI is InChI=1S/C19H27ClN4O2.HI/c1-12(18-13(2)24-26-14(18)3)11-23-19(21-4)22-9-8-15-6-7-16(25-5)10-17(15)20;/h6-7,10,12H,8-9,11H2,1-5H3,(H2,21,22,23);1H. The molecule has 2 N–H and O–H groups in total. The van der Waals surface area contributed by atoms with Gasteiger partial charge in [-0.15, -0.1) is 24.0 Å². The smallest absolute Gasteiger partial charge is 0.191 e. The van der Waals surface area contributed by atoms with E-state index < -0.39 is 0 Å². The molecule has 0 aliphatic rings. The molecular formula is C19H28ClIN4O2. The van der Waals surface area contributed by atoms with Crippen molar-refractivity contribution >= 4 is 41.5 Å². The minimum absolute atomic E-state index is 0. The van der Waals surface area contributed by atoms with Crippen LogP contribution in [0.2, 0.25) is 5.02 Å². The van der Waals surface area contributed by atoms with Crippen molar-refractivity contribution < 1.29 is 9.26 Å². The molecule has 0 bridgehead atoms. The molecule has 0 aliphatic heterocycles. The molecule has 2 aromatic rings. The van der Waals surface area contributed by atoms with Gasteiger partial charge in [0.25, 0.3) is 0 Å². The highest BCUT2D eigenvalue weighted by Crippen LogP contribution is 2.23. The zero-order chi connectivity index (χ0) is 19.1. The summed E-state index contributed by atoms with van der Waals surface area (Å²) in [4.78, 5) is 4.27. The maximum atomic E-state index is 6.28. The average Bonchev–Trinajstić information content (AvgIpc) is 2.97. The summed E-state index contributed by atoms with van der Waals surface area (Å²) in [5, 5.41) is 11.4. The highest BCUT2D eigenvalue weighted by atomic mass is 127. The maximum absolute atomic E-state index is 6.28. The van der Waals surface area contributed by atoms with Gasteiger partial charge in [0.1, 0.15) is 11.5 Å². The Morgan fingerprint density at radius 3 is 2.63 bits per heavy atom. The van der Waals surface area contributed by atoms with Crippen LogP contribution in [-0.2, 0) is 6.42 Å². The summed E-state index contributed by atoms with van der Waals surface area (Å²) in [5.41, 5.74) is 3.16. The van der Waals surface area contributed by atoms with E-state index in [0.29, 0.717) is 5.02 Å². The van der Waals surface area contributed by atoms with E-state index in [1.807, 2.05) is 32.0 Å². The Labute approximate surface area is 183 Å². The van der Waals surface area contributed by atoms with Crippen molar-refractivity contribution in [3.63, 3.8) is 0 Å². The molecule has 150 valence electrons. The number of nitrogens with zero attached hydrogens (tertiary/aromatic N) is 2. The molecule has 1 aromatic carbocycles. The second kappa shape index (κ2) is 11.4. The van der Waals surface area contributed by atoms with Crippen molar-refractivity contribution in [2.24, 2.45) is 4.99 Å². The monoisotopic (exact) mass is 506 g/mol. The van der Waals surface area contributed by atoms with E-state index in [1.54, 1.807) is 14.2 Å². The van der Waals surface area contributed by atoms with Gasteiger partial charge in [-0.25, -0.2) is 0 Å². The fourth-order valence-corrected chi connectivity index (χ4v) is 3.20. The average molecular weight is 507 g/mol. The van der Waals surface area contributed by atoms with Crippen LogP contribution in [-0.4, -0.2) is 38.4 Å². The van der Waals surface area contributed by atoms with Gasteiger partial charge in [0.05, 0.1) is 12.8 Å². The first-order valence-electron chi connectivity index (χ1n) is 8.66. The molecule has 8 heteroatoms. The fourth-order valence-electron chi connectivity index (χ4n) is 2.94. The van der Waals surface area contributed by atoms with Gasteiger partial charge in [-0.3, -0.25) is 4.99 Å². The van der Waals surface area contributed by atoms with Gasteiger partial charge in [0, 0.05) is 36.6 Å². The molecule has 0 fully saturated rings. The lowest BCUT2D eigenvalue weighted by molar-refractivity contribution is 0.391. The topological polar surface area (TPSA) is 71.7 Å². The Bertz CT molecular complexity index is 745. The van der Waals surface area contributed by atoms with E-state index in [1.165, 1.54) is 0 Å². The van der Waals surface area contributed by atoms with Crippen LogP contribution in [0.1, 0.15) is 35.4 Å². The molecule has 0 aliphatic carbocycles. The summed E-state index contributed by atoms with van der Waals surface area (Å²) in [5.74, 6) is 2.66. The fraction of sp³-hybridized carbons (Fsp3) is 0.474. The number of hydrogen-bond donors (Lipinski definition) is 2. The second-order valence-corrected chi connectivity index (χ2v) is 6.63. The molecular weight excluding hydrogens is 479 g/mol. The van der Waals surface area contributed by atoms with E-state index in [0.717, 1.165) is 53.8 Å². The zero-order valence-electron chi connectivity index (χ0n) is 16.4. The summed E-state index contributed by atoms with van der Waals surface area (Å²) in [7, 11) is 3.39. The van der Waals surface area contributed by atoms with Gasteiger partial charge in [0.2, 0.25) is 0 Å². The number of benzene rings is 1. The lowest BCUT2D eigenvalue weighted by Gasteiger charge is -2.16. The molecule has 1 unspecified atom stereocenters. The lowest BCUT2D eigenvalue weighted by Crippen LogP contribution is -2.40. The Balaban J connectivity index is 0.00000364. The third kappa shape index (κ3) is 6.57. The maximum Gasteiger partial charge on any atom is 0.191 e. The lowest BCUT2D eigenvalue weighted by atomic mass is 10.00. The predicted octanol–water partition coefficient (Wildman–Crippen LogP) is 4.08. The number of methoxy groups -OCH3 is 1. The van der Waals surface area contributed by atoms with Crippen LogP contribution in [0.3, 0.4) is 0 Å². The molecule has 1 atom stereocenters. The predicted molar refractivity (Wildman–Crippen MR) is 121 cm³/mol. The number of nitrogens with one attached hydrogen (secondary N) is 2. The number of halogens is 2. The zero-order valence-corrected chi connectivity index (χ0v) is 19.5. The molecule has 6 nitrogen and oxygen atoms in total. The highest BCUT2D eigenvalue weighted by molar-refractivity contribution is 14.0. The van der Waals surface area contributed by atoms with Gasteiger partial charge in [0.15, 0.2) is 5.96 Å². The summed E-state index contributed by atoms with van der Waals surface area (Å²) < 4.78 is 10.4. The van der Waals surface area contributed by atoms with Gasteiger partial charge in [-0.2, -0.15) is 0 Å². The van der Waals surface area contributed by atoms with Crippen molar-refractivity contribution in [3.8, 4) is 5.75 Å². The SMILES string of the molecule is CN=C(NCCc1ccc(OC)cc1Cl)NCC(C)c1c(C)noc1C.I. The Kier molecular flexibility index (Phi) is 9.93. The molecule has 0 saturated carbocycles. The Morgan fingerprint density at radius 1 is 1.33 bits per heavy atom. The van der Waals surface area contributed by atoms with Crippen molar-refractivity contribution in [1.82, 2.24) is 15.8 Å². The molecule has 1 aromatic heterocycles. The van der Waals surface area contributed by atoms with Crippen LogP contribution in [0.5, 0.6) is 5.75 Å². The van der Waals surface area contributed by atoms with Crippen molar-refractivity contribution in [2.75, 3.05) is 27.2 Å². The number of ether oxygens (including phenoxy) is 1. The molecule has 27 heavy (non-hydrogen) atoms. The number of aromatic nitrogens is 1. The Hall–Kier alpha value is -1.48. The quantitative estimate of drug-likeness (QED) is 0.336. The first-order valence-corrected chi connectivity index (χ1v) is 9.03. The van der Waals surface area contributed by atoms with E-state index >= 15 is 0 Å². The molecule has 1 heterocycles. The van der Waals surface area contributed by atoms with Gasteiger partial charge in [-0.1, -0.05) is 29.7 Å². The van der Waals surface area contributed by atoms with Crippen LogP contribution >= 0.6 is 35.6 Å². The molecule has 0 amide bonds. The summed E-state index contributed by atoms with van der Waals surface area (Å²) in [6.07, 6.45) is 0.795. The van der Waals surface area contributed by atoms with E-state index in [-0.39, 0.29) is 29.9 Å². The third-order valence-corrected chi connectivity index (χ3v) is 4.68. The normalized spacial score (nSPS) is 12.3. The van der Waals surface area contributed by atoms with E-state index in [9.17, 15) is 0 Å². The largest absolute Gasteiger partial charge is 0.497 e. The van der Waals surface area contributed by atoms with Crippen molar-refractivity contribution in [1.29, 1.82) is 0 Å². The van der Waals surface area contributed by atoms with Gasteiger partial charge < -0.3 is 19.9 Å². The van der Waals surface area contributed by atoms with Crippen molar-refractivity contribution in [3.05, 3.63) is 45.8 Å². The van der Waals surface area contributed by atoms with Crippen LogP contribution in [0.4, 0.5) is 0 Å². The number of aliphatic imine (C=N–C) groups is 1. The Morgan fingerprint density at radius 2 is 2.07 bits per heavy atom. The minimum atomic E-state index is 0. The highest BCUT2D eigenvalue weighted by Gasteiger charge is 2.16. The summed E-state index contributed by atoms with van der Waals surface area (Å²) in [6, 6.07) is 5.73. The first kappa shape index (κ1) is 23.6. The number of hydrogen-bond acceptors (Lipinski definition) is 4. The molecule has 0 radical (unpaired) electrons. The van der Waals surface area contributed by atoms with Crippen LogP contribution in [0, 0.1) is 13.8 Å². The van der Waals surface area contributed by atoms with E-state index in [4.69, 9.17) is 20.9 Å². The summed E-state index contributed by atoms with van der Waals surface area (Å²) >= 11 is 6.28. The first-order chi connectivity index (χ1) is 12.5. The van der Waals surface area contributed by atoms with Crippen molar-refractivity contribution in [2.45, 2.75) is 33.1 Å². The van der Waals surface area contributed by atoms with Crippen LogP contribution < -0.4 is 15.4 Å². The second-order valence-electron chi connectivity index (χ2n) is 6.23. The van der Waals surface area contributed by atoms with Crippen LogP contribution in [0.25, 0.3) is 0 Å². The molecule has 0 spiro atoms. The summed E-state index contributed by atoms with van der Waals surface area (Å²) in [6.45, 7) is 7.52. The van der Waals surface area contributed by atoms with Gasteiger partial charge in [-0.05, 0) is 38.0 Å².